The summed E-state index contributed by atoms with van der Waals surface area (Å²) in [5.41, 5.74) is 0. The predicted molar refractivity (Wildman–Crippen MR) is 65.2 cm³/mol. The molecule has 0 saturated heterocycles. The molecule has 0 spiro atoms. The summed E-state index contributed by atoms with van der Waals surface area (Å²) in [7, 11) is 0. The van der Waals surface area contributed by atoms with Crippen LogP contribution in [0, 0.1) is 0 Å². The summed E-state index contributed by atoms with van der Waals surface area (Å²) in [5.74, 6) is -0.0693. The number of aliphatic carboxylic acids is 2. The van der Waals surface area contributed by atoms with Crippen molar-refractivity contribution in [2.45, 2.75) is 25.7 Å². The van der Waals surface area contributed by atoms with Crippen LogP contribution in [0.3, 0.4) is 0 Å². The average molecular weight is 330 g/mol. The van der Waals surface area contributed by atoms with Gasteiger partial charge >= 0.3 is 17.1 Å². The zero-order chi connectivity index (χ0) is 12.8. The second kappa shape index (κ2) is 18.5. The molecule has 7 heteroatoms. The third-order valence-corrected chi connectivity index (χ3v) is 2.85. The molecule has 0 bridgehead atoms. The van der Waals surface area contributed by atoms with Crippen LogP contribution in [0.4, 0.5) is 0 Å². The Hall–Kier alpha value is 0.159. The van der Waals surface area contributed by atoms with E-state index in [1.807, 2.05) is 12.5 Å². The fourth-order valence-electron chi connectivity index (χ4n) is 0.722. The van der Waals surface area contributed by atoms with Crippen molar-refractivity contribution in [3.05, 3.63) is 0 Å². The van der Waals surface area contributed by atoms with Crippen LogP contribution in [0.25, 0.3) is 0 Å². The first-order valence-corrected chi connectivity index (χ1v) is 7.71. The summed E-state index contributed by atoms with van der Waals surface area (Å²) in [6.45, 7) is 0. The quantitative estimate of drug-likeness (QED) is 0.451. The number of carbonyl (C=O) groups excluding carboxylic acids is 2. The number of carboxylic acid groups (broad SMARTS) is 2. The number of carbonyl (C=O) groups is 2. The average Bonchev–Trinajstić information content (AvgIpc) is 2.18. The van der Waals surface area contributed by atoms with Crippen molar-refractivity contribution < 1.29 is 36.9 Å². The molecule has 105 valence electrons. The maximum atomic E-state index is 9.75. The molecule has 0 unspecified atom stereocenters. The van der Waals surface area contributed by atoms with Crippen LogP contribution >= 0.6 is 23.5 Å². The van der Waals surface area contributed by atoms with Crippen molar-refractivity contribution in [1.82, 2.24) is 0 Å². The molecule has 1 radical (unpaired) electrons. The van der Waals surface area contributed by atoms with Crippen molar-refractivity contribution >= 4 is 35.5 Å². The molecule has 0 aliphatic carbocycles. The third kappa shape index (κ3) is 31.4. The van der Waals surface area contributed by atoms with Crippen LogP contribution in [0.1, 0.15) is 25.7 Å². The van der Waals surface area contributed by atoms with Crippen LogP contribution < -0.4 is 10.2 Å². The Labute approximate surface area is 122 Å². The molecule has 0 aliphatic rings. The number of rotatable bonds is 8. The maximum absolute atomic E-state index is 9.75. The molecule has 0 amide bonds. The molecular formula is C10H18CuO4S2. The SMILES string of the molecule is CSCCCC(=O)[O-].CSCCCC(=O)[O-].[Cu+2]. The van der Waals surface area contributed by atoms with Gasteiger partial charge in [0.15, 0.2) is 0 Å². The zero-order valence-electron chi connectivity index (χ0n) is 9.99. The van der Waals surface area contributed by atoms with Crippen LogP contribution in [0.15, 0.2) is 0 Å². The van der Waals surface area contributed by atoms with Gasteiger partial charge in [-0.3, -0.25) is 0 Å². The van der Waals surface area contributed by atoms with E-state index >= 15 is 0 Å². The molecule has 0 saturated carbocycles. The van der Waals surface area contributed by atoms with Crippen LogP contribution in [0.5, 0.6) is 0 Å². The summed E-state index contributed by atoms with van der Waals surface area (Å²) in [6.07, 6.45) is 5.75. The Balaban J connectivity index is -0.000000218. The molecule has 4 nitrogen and oxygen atoms in total. The van der Waals surface area contributed by atoms with E-state index in [-0.39, 0.29) is 29.9 Å². The molecular weight excluding hydrogens is 312 g/mol. The molecule has 0 heterocycles. The van der Waals surface area contributed by atoms with Gasteiger partial charge in [-0.1, -0.05) is 0 Å². The third-order valence-electron chi connectivity index (χ3n) is 1.46. The molecule has 0 aromatic rings. The van der Waals surface area contributed by atoms with Crippen LogP contribution in [-0.2, 0) is 26.7 Å². The summed E-state index contributed by atoms with van der Waals surface area (Å²) < 4.78 is 0. The monoisotopic (exact) mass is 329 g/mol. The van der Waals surface area contributed by atoms with Gasteiger partial charge in [-0.05, 0) is 49.7 Å². The Morgan fingerprint density at radius 2 is 1.18 bits per heavy atom. The Kier molecular flexibility index (Phi) is 24.4. The van der Waals surface area contributed by atoms with E-state index in [0.29, 0.717) is 0 Å². The second-order valence-electron chi connectivity index (χ2n) is 2.94. The van der Waals surface area contributed by atoms with E-state index in [1.165, 1.54) is 0 Å². The van der Waals surface area contributed by atoms with Crippen LogP contribution in [0.2, 0.25) is 0 Å². The molecule has 0 rings (SSSR count). The van der Waals surface area contributed by atoms with E-state index in [4.69, 9.17) is 0 Å². The molecule has 0 aromatic carbocycles. The van der Waals surface area contributed by atoms with E-state index in [9.17, 15) is 19.8 Å². The molecule has 17 heavy (non-hydrogen) atoms. The normalized spacial score (nSPS) is 8.59. The van der Waals surface area contributed by atoms with Gasteiger partial charge in [0, 0.05) is 11.9 Å². The van der Waals surface area contributed by atoms with Gasteiger partial charge in [0.25, 0.3) is 0 Å². The van der Waals surface area contributed by atoms with Gasteiger partial charge in [0.1, 0.15) is 0 Å². The van der Waals surface area contributed by atoms with Crippen molar-refractivity contribution in [2.24, 2.45) is 0 Å². The first-order valence-electron chi connectivity index (χ1n) is 4.92. The first kappa shape index (κ1) is 22.3. The Bertz CT molecular complexity index is 171. The van der Waals surface area contributed by atoms with E-state index in [1.54, 1.807) is 23.5 Å². The van der Waals surface area contributed by atoms with Crippen molar-refractivity contribution in [1.29, 1.82) is 0 Å². The number of hydrogen-bond acceptors (Lipinski definition) is 6. The summed E-state index contributed by atoms with van der Waals surface area (Å²) >= 11 is 3.30. The van der Waals surface area contributed by atoms with Crippen LogP contribution in [-0.4, -0.2) is 36.0 Å². The smallest absolute Gasteiger partial charge is 0.550 e. The minimum absolute atomic E-state index is 0. The van der Waals surface area contributed by atoms with E-state index in [2.05, 4.69) is 0 Å². The van der Waals surface area contributed by atoms with Gasteiger partial charge in [-0.15, -0.1) is 0 Å². The predicted octanol–water partition coefficient (Wildman–Crippen LogP) is -0.243. The van der Waals surface area contributed by atoms with Crippen molar-refractivity contribution in [2.75, 3.05) is 24.0 Å². The molecule has 0 atom stereocenters. The Morgan fingerprint density at radius 1 is 0.882 bits per heavy atom. The van der Waals surface area contributed by atoms with Gasteiger partial charge < -0.3 is 19.8 Å². The fourth-order valence-corrected chi connectivity index (χ4v) is 1.59. The first-order chi connectivity index (χ1) is 7.54. The van der Waals surface area contributed by atoms with Crippen molar-refractivity contribution in [3.63, 3.8) is 0 Å². The summed E-state index contributed by atoms with van der Waals surface area (Å²) in [6, 6.07) is 0. The van der Waals surface area contributed by atoms with E-state index < -0.39 is 11.9 Å². The largest absolute Gasteiger partial charge is 2.00 e. The standard InChI is InChI=1S/2C5H10O2S.Cu/c2*1-8-4-2-3-5(6)7;/h2*2-4H2,1H3,(H,6,7);/q;;+2/p-2. The topological polar surface area (TPSA) is 80.3 Å². The van der Waals surface area contributed by atoms with Gasteiger partial charge in [-0.25, -0.2) is 0 Å². The molecule has 0 fully saturated rings. The summed E-state index contributed by atoms with van der Waals surface area (Å²) in [4.78, 5) is 19.5. The second-order valence-corrected chi connectivity index (χ2v) is 4.91. The number of hydrogen-bond donors (Lipinski definition) is 0. The Morgan fingerprint density at radius 3 is 1.35 bits per heavy atom. The van der Waals surface area contributed by atoms with E-state index in [0.717, 1.165) is 24.3 Å². The van der Waals surface area contributed by atoms with Gasteiger partial charge in [0.05, 0.1) is 0 Å². The fraction of sp³-hybridized carbons (Fsp3) is 0.800. The molecule has 0 N–H and O–H groups in total. The maximum Gasteiger partial charge on any atom is 2.00 e. The molecule has 0 aliphatic heterocycles. The minimum atomic E-state index is -0.945. The summed E-state index contributed by atoms with van der Waals surface area (Å²) in [5, 5.41) is 19.5. The van der Waals surface area contributed by atoms with Gasteiger partial charge in [-0.2, -0.15) is 23.5 Å². The minimum Gasteiger partial charge on any atom is -0.550 e. The zero-order valence-corrected chi connectivity index (χ0v) is 12.6. The number of thioether (sulfide) groups is 2. The number of carboxylic acids is 2. The molecule has 0 aromatic heterocycles. The van der Waals surface area contributed by atoms with Crippen molar-refractivity contribution in [3.8, 4) is 0 Å². The van der Waals surface area contributed by atoms with Gasteiger partial charge in [0.2, 0.25) is 0 Å².